The van der Waals surface area contributed by atoms with Gasteiger partial charge >= 0.3 is 0 Å². The van der Waals surface area contributed by atoms with Crippen LogP contribution in [0.4, 0.5) is 8.78 Å². The van der Waals surface area contributed by atoms with Crippen molar-refractivity contribution < 1.29 is 13.6 Å². The summed E-state index contributed by atoms with van der Waals surface area (Å²) in [7, 11) is 0. The highest BCUT2D eigenvalue weighted by atomic mass is 32.1. The second kappa shape index (κ2) is 9.73. The van der Waals surface area contributed by atoms with Gasteiger partial charge in [-0.2, -0.15) is 0 Å². The van der Waals surface area contributed by atoms with Crippen LogP contribution in [0.25, 0.3) is 28.4 Å². The highest BCUT2D eigenvalue weighted by Crippen LogP contribution is 2.36. The molecule has 0 bridgehead atoms. The minimum Gasteiger partial charge on any atom is -0.347 e. The number of nitrogens with one attached hydrogen (secondary N) is 1. The fourth-order valence-corrected chi connectivity index (χ4v) is 5.43. The number of amides is 1. The first-order valence-corrected chi connectivity index (χ1v) is 12.6. The van der Waals surface area contributed by atoms with Crippen LogP contribution >= 0.6 is 11.3 Å². The summed E-state index contributed by atoms with van der Waals surface area (Å²) in [5.41, 5.74) is 2.33. The third-order valence-electron chi connectivity index (χ3n) is 6.39. The molecule has 0 aromatic carbocycles. The van der Waals surface area contributed by atoms with Crippen molar-refractivity contribution >= 4 is 28.3 Å². The summed E-state index contributed by atoms with van der Waals surface area (Å²) < 4.78 is 29.6. The minimum absolute atomic E-state index is 0.0139. The van der Waals surface area contributed by atoms with Crippen molar-refractivity contribution in [1.82, 2.24) is 44.8 Å². The number of hydrogen-bond acceptors (Lipinski definition) is 8. The van der Waals surface area contributed by atoms with Gasteiger partial charge in [0.05, 0.1) is 29.0 Å². The number of aromatic nitrogens is 8. The molecular formula is C24H21F2N9OS. The molecule has 6 rings (SSSR count). The Morgan fingerprint density at radius 3 is 2.81 bits per heavy atom. The smallest absolute Gasteiger partial charge is 0.280 e. The van der Waals surface area contributed by atoms with E-state index in [2.05, 4.69) is 35.1 Å². The molecule has 1 fully saturated rings. The molecule has 5 aromatic heterocycles. The largest absolute Gasteiger partial charge is 0.347 e. The molecule has 1 amide bonds. The van der Waals surface area contributed by atoms with Crippen molar-refractivity contribution in [2.45, 2.75) is 44.2 Å². The molecule has 1 aliphatic rings. The topological polar surface area (TPSA) is 116 Å². The molecule has 37 heavy (non-hydrogen) atoms. The van der Waals surface area contributed by atoms with Crippen molar-refractivity contribution in [3.63, 3.8) is 0 Å². The van der Waals surface area contributed by atoms with Crippen molar-refractivity contribution in [2.24, 2.45) is 0 Å². The maximum absolute atomic E-state index is 12.9. The molecular weight excluding hydrogens is 500 g/mol. The summed E-state index contributed by atoms with van der Waals surface area (Å²) in [6.07, 6.45) is 8.34. The lowest BCUT2D eigenvalue weighted by atomic mass is 9.90. The zero-order valence-corrected chi connectivity index (χ0v) is 20.2. The number of pyridine rings is 2. The third-order valence-corrected chi connectivity index (χ3v) is 7.40. The number of imidazole rings is 1. The van der Waals surface area contributed by atoms with Gasteiger partial charge < -0.3 is 9.88 Å². The molecule has 13 heteroatoms. The molecule has 0 spiro atoms. The van der Waals surface area contributed by atoms with Crippen LogP contribution in [0, 0.1) is 0 Å². The summed E-state index contributed by atoms with van der Waals surface area (Å²) in [6, 6.07) is 7.47. The number of hydrogen-bond donors (Lipinski definition) is 1. The van der Waals surface area contributed by atoms with Crippen molar-refractivity contribution in [3.05, 3.63) is 65.1 Å². The monoisotopic (exact) mass is 521 g/mol. The van der Waals surface area contributed by atoms with E-state index in [1.807, 2.05) is 24.3 Å². The van der Waals surface area contributed by atoms with E-state index < -0.39 is 12.3 Å². The zero-order valence-electron chi connectivity index (χ0n) is 19.4. The summed E-state index contributed by atoms with van der Waals surface area (Å²) in [4.78, 5) is 30.3. The van der Waals surface area contributed by atoms with Crippen LogP contribution < -0.4 is 5.32 Å². The molecule has 10 nitrogen and oxygen atoms in total. The SMILES string of the molecule is O=C(N[C@H]1CCC[C@@H](n2c(-c3ccccn3)nc3cnc(-n4ccnn4)cc32)C1)c1ncc(C(F)F)s1. The van der Waals surface area contributed by atoms with Gasteiger partial charge in [0, 0.05) is 30.5 Å². The second-order valence-corrected chi connectivity index (χ2v) is 9.82. The van der Waals surface area contributed by atoms with Crippen molar-refractivity contribution in [1.29, 1.82) is 0 Å². The van der Waals surface area contributed by atoms with E-state index in [-0.39, 0.29) is 22.0 Å². The fourth-order valence-electron chi connectivity index (χ4n) is 4.76. The van der Waals surface area contributed by atoms with E-state index in [4.69, 9.17) is 4.98 Å². The van der Waals surface area contributed by atoms with Gasteiger partial charge in [-0.25, -0.2) is 28.4 Å². The van der Waals surface area contributed by atoms with Crippen LogP contribution in [-0.2, 0) is 0 Å². The standard InChI is InChI=1S/C24H21F2N9OS/c25-21(26)19-13-29-24(37-19)23(36)31-14-4-3-5-15(10-14)35-18-11-20(34-9-8-30-33-34)28-12-17(18)32-22(35)16-6-1-2-7-27-16/h1-2,6-9,11-15,21H,3-5,10H2,(H,31,36)/t14-,15+/m0/s1. The average Bonchev–Trinajstić information content (AvgIpc) is 3.69. The number of rotatable bonds is 6. The van der Waals surface area contributed by atoms with Crippen molar-refractivity contribution in [3.8, 4) is 17.3 Å². The Labute approximate surface area is 213 Å². The molecule has 1 N–H and O–H groups in total. The van der Waals surface area contributed by atoms with Crippen LogP contribution in [0.5, 0.6) is 0 Å². The Morgan fingerprint density at radius 1 is 1.14 bits per heavy atom. The van der Waals surface area contributed by atoms with E-state index in [1.165, 1.54) is 0 Å². The van der Waals surface area contributed by atoms with Crippen molar-refractivity contribution in [2.75, 3.05) is 0 Å². The summed E-state index contributed by atoms with van der Waals surface area (Å²) in [5, 5.41) is 11.0. The number of fused-ring (bicyclic) bond motifs is 1. The van der Waals surface area contributed by atoms with Crippen LogP contribution in [0.1, 0.15) is 52.8 Å². The van der Waals surface area contributed by atoms with E-state index in [0.29, 0.717) is 18.1 Å². The highest BCUT2D eigenvalue weighted by Gasteiger charge is 2.29. The lowest BCUT2D eigenvalue weighted by molar-refractivity contribution is 0.0920. The average molecular weight is 522 g/mol. The number of thiazole rings is 1. The van der Waals surface area contributed by atoms with E-state index in [1.54, 1.807) is 29.5 Å². The van der Waals surface area contributed by atoms with Gasteiger partial charge in [-0.15, -0.1) is 16.4 Å². The Bertz CT molecular complexity index is 1530. The highest BCUT2D eigenvalue weighted by molar-refractivity contribution is 7.13. The predicted octanol–water partition coefficient (Wildman–Crippen LogP) is 4.38. The van der Waals surface area contributed by atoms with E-state index >= 15 is 0 Å². The molecule has 5 heterocycles. The van der Waals surface area contributed by atoms with Crippen LogP contribution in [-0.4, -0.2) is 51.4 Å². The number of alkyl halides is 2. The fraction of sp³-hybridized carbons (Fsp3) is 0.292. The molecule has 0 radical (unpaired) electrons. The summed E-state index contributed by atoms with van der Waals surface area (Å²) in [6.45, 7) is 0. The Kier molecular flexibility index (Phi) is 6.12. The molecule has 188 valence electrons. The first kappa shape index (κ1) is 23.3. The summed E-state index contributed by atoms with van der Waals surface area (Å²) in [5.74, 6) is 0.894. The first-order chi connectivity index (χ1) is 18.1. The van der Waals surface area contributed by atoms with Gasteiger partial charge in [-0.1, -0.05) is 11.3 Å². The van der Waals surface area contributed by atoms with Crippen LogP contribution in [0.3, 0.4) is 0 Å². The second-order valence-electron chi connectivity index (χ2n) is 8.76. The Hall–Kier alpha value is -4.13. The maximum Gasteiger partial charge on any atom is 0.280 e. The Morgan fingerprint density at radius 2 is 2.05 bits per heavy atom. The van der Waals surface area contributed by atoms with Gasteiger partial charge in [0.1, 0.15) is 11.2 Å². The molecule has 5 aromatic rings. The quantitative estimate of drug-likeness (QED) is 0.352. The molecule has 2 atom stereocenters. The van der Waals surface area contributed by atoms with Gasteiger partial charge in [0.2, 0.25) is 0 Å². The molecule has 0 unspecified atom stereocenters. The Balaban J connectivity index is 1.34. The molecule has 1 saturated carbocycles. The number of carbonyl (C=O) groups excluding carboxylic acids is 1. The summed E-state index contributed by atoms with van der Waals surface area (Å²) >= 11 is 0.721. The normalized spacial score (nSPS) is 17.9. The van der Waals surface area contributed by atoms with Gasteiger partial charge in [0.25, 0.3) is 12.3 Å². The molecule has 0 saturated heterocycles. The molecule has 0 aliphatic heterocycles. The number of carbonyl (C=O) groups is 1. The predicted molar refractivity (Wildman–Crippen MR) is 132 cm³/mol. The van der Waals surface area contributed by atoms with Gasteiger partial charge in [-0.3, -0.25) is 9.78 Å². The van der Waals surface area contributed by atoms with Crippen LogP contribution in [0.15, 0.2) is 55.2 Å². The zero-order chi connectivity index (χ0) is 25.4. The lowest BCUT2D eigenvalue weighted by Gasteiger charge is -2.31. The molecule has 1 aliphatic carbocycles. The maximum atomic E-state index is 12.9. The lowest BCUT2D eigenvalue weighted by Crippen LogP contribution is -2.39. The third kappa shape index (κ3) is 4.57. The van der Waals surface area contributed by atoms with Crippen LogP contribution in [0.2, 0.25) is 0 Å². The number of nitrogens with zero attached hydrogens (tertiary/aromatic N) is 8. The van der Waals surface area contributed by atoms with E-state index in [0.717, 1.165) is 53.5 Å². The van der Waals surface area contributed by atoms with Gasteiger partial charge in [-0.05, 0) is 37.8 Å². The van der Waals surface area contributed by atoms with Gasteiger partial charge in [0.15, 0.2) is 16.6 Å². The minimum atomic E-state index is -2.64. The van der Waals surface area contributed by atoms with E-state index in [9.17, 15) is 13.6 Å². The number of halogens is 2. The first-order valence-electron chi connectivity index (χ1n) is 11.8.